The predicted octanol–water partition coefficient (Wildman–Crippen LogP) is 3.49. The van der Waals surface area contributed by atoms with Gasteiger partial charge in [-0.25, -0.2) is 0 Å². The minimum absolute atomic E-state index is 0.0760. The van der Waals surface area contributed by atoms with Gasteiger partial charge in [0.05, 0.1) is 43.9 Å². The van der Waals surface area contributed by atoms with Crippen LogP contribution in [0.15, 0.2) is 20.0 Å². The molecule has 0 atom stereocenters. The van der Waals surface area contributed by atoms with E-state index < -0.39 is 0 Å². The maximum atomic E-state index is 10.7. The molecule has 3 saturated heterocycles. The van der Waals surface area contributed by atoms with Crippen LogP contribution in [0.5, 0.6) is 0 Å². The lowest BCUT2D eigenvalue weighted by atomic mass is 10.1. The Morgan fingerprint density at radius 2 is 1.39 bits per heavy atom. The van der Waals surface area contributed by atoms with E-state index in [1.54, 1.807) is 44.7 Å². The number of likely N-dealkylation sites (tertiary alicyclic amines) is 1. The average molecular weight is 914 g/mol. The largest absolute Gasteiger partial charge is 0.388 e. The summed E-state index contributed by atoms with van der Waals surface area (Å²) in [6, 6.07) is 0. The van der Waals surface area contributed by atoms with E-state index in [4.69, 9.17) is 20.9 Å². The molecule has 378 valence electrons. The normalized spacial score (nSPS) is 16.7. The molecule has 5 aliphatic heterocycles. The zero-order chi connectivity index (χ0) is 49.6. The molecule has 0 aromatic heterocycles. The SMILES string of the molecule is CC.CC(=O)N(C)CCN(C)C.CC(=O)N1CCCCC1.CC1=NCCC1.CC1=NCCN1.CCN=C(C)N.CN=C1CCCN1.COCCN(C)C(C)=O.NCCN1CCOCC1. The van der Waals surface area contributed by atoms with Gasteiger partial charge in [-0.15, -0.1) is 0 Å². The Bertz CT molecular complexity index is 1200. The number of rotatable bonds is 9. The van der Waals surface area contributed by atoms with Crippen molar-refractivity contribution in [2.75, 3.05) is 154 Å². The quantitative estimate of drug-likeness (QED) is 0.194. The van der Waals surface area contributed by atoms with Crippen molar-refractivity contribution in [3.05, 3.63) is 0 Å². The monoisotopic (exact) mass is 914 g/mol. The first-order valence-electron chi connectivity index (χ1n) is 23.5. The highest BCUT2D eigenvalue weighted by atomic mass is 16.5. The zero-order valence-corrected chi connectivity index (χ0v) is 43.7. The first-order chi connectivity index (χ1) is 30.4. The van der Waals surface area contributed by atoms with Crippen LogP contribution >= 0.6 is 0 Å². The number of carbonyl (C=O) groups excluding carboxylic acids is 3. The number of nitrogens with zero attached hydrogens (tertiary/aromatic N) is 9. The molecule has 0 aromatic carbocycles. The van der Waals surface area contributed by atoms with E-state index in [0.717, 1.165) is 111 Å². The molecule has 0 saturated carbocycles. The Balaban J connectivity index is -0.000000321. The Hall–Kier alpha value is -3.71. The number of piperidine rings is 1. The topological polar surface area (TPSA) is 211 Å². The van der Waals surface area contributed by atoms with Crippen molar-refractivity contribution in [2.45, 2.75) is 107 Å². The summed E-state index contributed by atoms with van der Waals surface area (Å²) in [6.45, 7) is 32.2. The fourth-order valence-electron chi connectivity index (χ4n) is 5.33. The first kappa shape index (κ1) is 66.9. The van der Waals surface area contributed by atoms with Crippen molar-refractivity contribution >= 4 is 40.9 Å². The second-order valence-electron chi connectivity index (χ2n) is 15.4. The molecule has 64 heavy (non-hydrogen) atoms. The van der Waals surface area contributed by atoms with Crippen molar-refractivity contribution in [2.24, 2.45) is 31.4 Å². The number of methoxy groups -OCH3 is 1. The van der Waals surface area contributed by atoms with Crippen LogP contribution in [0, 0.1) is 0 Å². The van der Waals surface area contributed by atoms with Crippen LogP contribution in [0.1, 0.15) is 107 Å². The zero-order valence-electron chi connectivity index (χ0n) is 43.7. The number of amidine groups is 3. The summed E-state index contributed by atoms with van der Waals surface area (Å²) in [7, 11) is 11.0. The molecule has 6 N–H and O–H groups in total. The van der Waals surface area contributed by atoms with Crippen LogP contribution in [-0.2, 0) is 23.9 Å². The number of hydrogen-bond donors (Lipinski definition) is 4. The summed E-state index contributed by atoms with van der Waals surface area (Å²) < 4.78 is 9.93. The Labute approximate surface area is 391 Å². The van der Waals surface area contributed by atoms with E-state index >= 15 is 0 Å². The molecule has 5 heterocycles. The summed E-state index contributed by atoms with van der Waals surface area (Å²) in [5.41, 5.74) is 11.9. The average Bonchev–Trinajstić information content (AvgIpc) is 4.11. The molecule has 0 unspecified atom stereocenters. The number of nitrogens with two attached hydrogens (primary N) is 2. The van der Waals surface area contributed by atoms with Gasteiger partial charge in [-0.1, -0.05) is 13.8 Å². The molecule has 0 aromatic rings. The number of aliphatic imine (C=N–C) groups is 4. The highest BCUT2D eigenvalue weighted by Gasteiger charge is 2.11. The fraction of sp³-hybridized carbons (Fsp3) is 0.848. The van der Waals surface area contributed by atoms with E-state index in [2.05, 4.69) is 47.3 Å². The van der Waals surface area contributed by atoms with Crippen LogP contribution in [0.3, 0.4) is 0 Å². The lowest BCUT2D eigenvalue weighted by Crippen LogP contribution is -2.39. The van der Waals surface area contributed by atoms with Crippen LogP contribution in [0.4, 0.5) is 0 Å². The van der Waals surface area contributed by atoms with Crippen LogP contribution < -0.4 is 22.1 Å². The number of morpholine rings is 1. The second-order valence-corrected chi connectivity index (χ2v) is 15.4. The van der Waals surface area contributed by atoms with Crippen LogP contribution in [0.2, 0.25) is 0 Å². The molecule has 3 amide bonds. The molecule has 0 spiro atoms. The van der Waals surface area contributed by atoms with E-state index in [9.17, 15) is 14.4 Å². The van der Waals surface area contributed by atoms with E-state index in [-0.39, 0.29) is 17.7 Å². The van der Waals surface area contributed by atoms with Gasteiger partial charge in [0.15, 0.2) is 0 Å². The molecule has 5 aliphatic rings. The summed E-state index contributed by atoms with van der Waals surface area (Å²) in [5.74, 6) is 3.34. The summed E-state index contributed by atoms with van der Waals surface area (Å²) in [5, 5.41) is 6.23. The highest BCUT2D eigenvalue weighted by molar-refractivity contribution is 5.84. The molecule has 5 rings (SSSR count). The van der Waals surface area contributed by atoms with E-state index in [1.807, 2.05) is 60.8 Å². The van der Waals surface area contributed by atoms with Crippen LogP contribution in [0.25, 0.3) is 0 Å². The maximum absolute atomic E-state index is 10.7. The minimum Gasteiger partial charge on any atom is -0.388 e. The Morgan fingerprint density at radius 3 is 1.67 bits per heavy atom. The van der Waals surface area contributed by atoms with Crippen molar-refractivity contribution in [3.63, 3.8) is 0 Å². The maximum Gasteiger partial charge on any atom is 0.219 e. The number of likely N-dealkylation sites (N-methyl/N-ethyl adjacent to an activating group) is 3. The van der Waals surface area contributed by atoms with E-state index in [1.165, 1.54) is 57.0 Å². The smallest absolute Gasteiger partial charge is 0.219 e. The third-order valence-corrected chi connectivity index (χ3v) is 9.46. The first-order valence-corrected chi connectivity index (χ1v) is 23.5. The third-order valence-electron chi connectivity index (χ3n) is 9.46. The van der Waals surface area contributed by atoms with Gasteiger partial charge in [0.2, 0.25) is 17.7 Å². The molecule has 3 fully saturated rings. The van der Waals surface area contributed by atoms with E-state index in [0.29, 0.717) is 19.0 Å². The van der Waals surface area contributed by atoms with Crippen molar-refractivity contribution in [3.8, 4) is 0 Å². The lowest BCUT2D eigenvalue weighted by molar-refractivity contribution is -0.130. The van der Waals surface area contributed by atoms with Crippen LogP contribution in [-0.4, -0.2) is 219 Å². The Morgan fingerprint density at radius 1 is 0.797 bits per heavy atom. The van der Waals surface area contributed by atoms with Gasteiger partial charge in [-0.2, -0.15) is 0 Å². The van der Waals surface area contributed by atoms with Gasteiger partial charge >= 0.3 is 0 Å². The molecule has 18 nitrogen and oxygen atoms in total. The van der Waals surface area contributed by atoms with Crippen molar-refractivity contribution in [1.29, 1.82) is 0 Å². The van der Waals surface area contributed by atoms with Gasteiger partial charge in [-0.3, -0.25) is 39.3 Å². The number of nitrogens with one attached hydrogen (secondary N) is 2. The summed E-state index contributed by atoms with van der Waals surface area (Å²) in [4.78, 5) is 57.5. The highest BCUT2D eigenvalue weighted by Crippen LogP contribution is 2.07. The molecular weight excluding hydrogens is 815 g/mol. The number of ether oxygens (including phenoxy) is 2. The van der Waals surface area contributed by atoms with Gasteiger partial charge in [0.25, 0.3) is 0 Å². The predicted molar refractivity (Wildman–Crippen MR) is 272 cm³/mol. The standard InChI is InChI=1S/C7H16N2O.C7H13NO.C6H14N2O.C6H13NO2.C5H10N2.C5H9N.C4H8N2.C4H10N2.C2H6/c1-7(10)9(4)6-5-8(2)3;1-7(9)8-5-3-2-4-6-8;7-1-2-8-3-5-9-6-4-8;1-6(8)7(2)4-5-9-3;1-6-5-3-2-4-7-5;1-5-3-2-4-6-5;1-4-5-2-3-6-4;1-3-6-4(2)5;1-2/h5-6H2,1-4H3;2-6H2,1H3;1-7H2;4-5H2,1-3H3;2-4H2,1H3,(H,6,7);2-4H2,1H3;2-3H2,1H3,(H,5,6);3H2,1-2H3,(H2,5,6);1-2H3. The van der Waals surface area contributed by atoms with Crippen molar-refractivity contribution < 1.29 is 23.9 Å². The lowest BCUT2D eigenvalue weighted by Gasteiger charge is -2.25. The fourth-order valence-corrected chi connectivity index (χ4v) is 5.33. The number of carbonyl (C=O) groups is 3. The molecular formula is C46H99N13O5. The van der Waals surface area contributed by atoms with Gasteiger partial charge in [0, 0.05) is 146 Å². The van der Waals surface area contributed by atoms with Gasteiger partial charge in [-0.05, 0) is 80.3 Å². The third kappa shape index (κ3) is 49.3. The number of amides is 3. The second kappa shape index (κ2) is 48.7. The van der Waals surface area contributed by atoms with Gasteiger partial charge < -0.3 is 51.2 Å². The molecule has 0 bridgehead atoms. The Kier molecular flexibility index (Phi) is 50.9. The summed E-state index contributed by atoms with van der Waals surface area (Å²) >= 11 is 0. The molecule has 0 radical (unpaired) electrons. The molecule has 0 aliphatic carbocycles. The summed E-state index contributed by atoms with van der Waals surface area (Å²) in [6.07, 6.45) is 8.61. The van der Waals surface area contributed by atoms with Gasteiger partial charge in [0.1, 0.15) is 0 Å². The minimum atomic E-state index is 0.0760. The van der Waals surface area contributed by atoms with Crippen molar-refractivity contribution in [1.82, 2.24) is 35.1 Å². The molecule has 18 heteroatoms. The number of hydrogen-bond acceptors (Lipinski definition) is 13.